The standard InChI is InChI=1S/C18H18O2/c1-2-13-3-5-14(6-4-13)9-18(19)15-7-8-16-11-20-12-17(16)10-15/h3-8,10H,2,9,11-12H2,1H3. The largest absolute Gasteiger partial charge is 0.372 e. The first-order valence-electron chi connectivity index (χ1n) is 7.07. The van der Waals surface area contributed by atoms with Crippen LogP contribution >= 0.6 is 0 Å². The molecule has 2 nitrogen and oxygen atoms in total. The Kier molecular flexibility index (Phi) is 3.66. The summed E-state index contributed by atoms with van der Waals surface area (Å²) in [6.45, 7) is 3.43. The fourth-order valence-corrected chi connectivity index (χ4v) is 2.53. The van der Waals surface area contributed by atoms with Crippen molar-refractivity contribution < 1.29 is 9.53 Å². The molecule has 0 spiro atoms. The maximum absolute atomic E-state index is 12.3. The van der Waals surface area contributed by atoms with E-state index in [9.17, 15) is 4.79 Å². The Morgan fingerprint density at radius 2 is 1.70 bits per heavy atom. The molecule has 102 valence electrons. The molecule has 3 rings (SSSR count). The second-order valence-corrected chi connectivity index (χ2v) is 5.25. The monoisotopic (exact) mass is 266 g/mol. The summed E-state index contributed by atoms with van der Waals surface area (Å²) in [5.74, 6) is 0.170. The van der Waals surface area contributed by atoms with Gasteiger partial charge in [-0.15, -0.1) is 0 Å². The first-order chi connectivity index (χ1) is 9.76. The Balaban J connectivity index is 1.75. The summed E-state index contributed by atoms with van der Waals surface area (Å²) in [6, 6.07) is 14.2. The van der Waals surface area contributed by atoms with E-state index in [1.54, 1.807) is 0 Å². The molecule has 0 aliphatic carbocycles. The lowest BCUT2D eigenvalue weighted by Crippen LogP contribution is -2.04. The number of rotatable bonds is 4. The van der Waals surface area contributed by atoms with E-state index in [0.29, 0.717) is 19.6 Å². The number of fused-ring (bicyclic) bond motifs is 1. The van der Waals surface area contributed by atoms with Crippen LogP contribution in [0.1, 0.15) is 39.5 Å². The second kappa shape index (κ2) is 5.59. The molecule has 1 aliphatic rings. The average molecular weight is 266 g/mol. The Bertz CT molecular complexity index is 626. The lowest BCUT2D eigenvalue weighted by atomic mass is 9.98. The molecule has 0 fully saturated rings. The highest BCUT2D eigenvalue weighted by Crippen LogP contribution is 2.21. The van der Waals surface area contributed by atoms with Crippen molar-refractivity contribution in [1.29, 1.82) is 0 Å². The third kappa shape index (κ3) is 2.66. The molecular formula is C18H18O2. The van der Waals surface area contributed by atoms with Crippen molar-refractivity contribution >= 4 is 5.78 Å². The van der Waals surface area contributed by atoms with Gasteiger partial charge in [0.2, 0.25) is 0 Å². The first-order valence-corrected chi connectivity index (χ1v) is 7.07. The van der Waals surface area contributed by atoms with Crippen LogP contribution in [0.4, 0.5) is 0 Å². The van der Waals surface area contributed by atoms with Crippen LogP contribution in [-0.2, 0) is 30.8 Å². The summed E-state index contributed by atoms with van der Waals surface area (Å²) in [4.78, 5) is 12.3. The Labute approximate surface area is 119 Å². The Morgan fingerprint density at radius 3 is 2.45 bits per heavy atom. The van der Waals surface area contributed by atoms with Crippen molar-refractivity contribution in [3.8, 4) is 0 Å². The molecule has 1 heterocycles. The molecule has 0 saturated carbocycles. The molecular weight excluding hydrogens is 248 g/mol. The predicted octanol–water partition coefficient (Wildman–Crippen LogP) is 3.70. The number of carbonyl (C=O) groups is 1. The zero-order valence-electron chi connectivity index (χ0n) is 11.7. The molecule has 2 heteroatoms. The lowest BCUT2D eigenvalue weighted by Gasteiger charge is -2.05. The SMILES string of the molecule is CCc1ccc(CC(=O)c2ccc3c(c2)COC3)cc1. The van der Waals surface area contributed by atoms with Crippen molar-refractivity contribution in [2.45, 2.75) is 33.0 Å². The summed E-state index contributed by atoms with van der Waals surface area (Å²) in [7, 11) is 0. The van der Waals surface area contributed by atoms with E-state index >= 15 is 0 Å². The van der Waals surface area contributed by atoms with Gasteiger partial charge in [0.15, 0.2) is 5.78 Å². The van der Waals surface area contributed by atoms with Crippen LogP contribution in [0.3, 0.4) is 0 Å². The number of benzene rings is 2. The molecule has 2 aromatic carbocycles. The number of Topliss-reactive ketones (excluding diaryl/α,β-unsaturated/α-hetero) is 1. The van der Waals surface area contributed by atoms with Gasteiger partial charge in [-0.2, -0.15) is 0 Å². The summed E-state index contributed by atoms with van der Waals surface area (Å²) in [6.07, 6.45) is 1.49. The summed E-state index contributed by atoms with van der Waals surface area (Å²) < 4.78 is 5.38. The quantitative estimate of drug-likeness (QED) is 0.789. The number of aryl methyl sites for hydroxylation is 1. The topological polar surface area (TPSA) is 26.3 Å². The molecule has 0 aromatic heterocycles. The fraction of sp³-hybridized carbons (Fsp3) is 0.278. The number of hydrogen-bond donors (Lipinski definition) is 0. The number of ketones is 1. The summed E-state index contributed by atoms with van der Waals surface area (Å²) in [5, 5.41) is 0. The van der Waals surface area contributed by atoms with Gasteiger partial charge in [0.25, 0.3) is 0 Å². The molecule has 0 amide bonds. The third-order valence-corrected chi connectivity index (χ3v) is 3.84. The van der Waals surface area contributed by atoms with E-state index in [-0.39, 0.29) is 5.78 Å². The van der Waals surface area contributed by atoms with Crippen molar-refractivity contribution in [2.24, 2.45) is 0 Å². The van der Waals surface area contributed by atoms with Crippen LogP contribution in [0.2, 0.25) is 0 Å². The van der Waals surface area contributed by atoms with E-state index in [2.05, 4.69) is 19.1 Å². The van der Waals surface area contributed by atoms with Crippen LogP contribution in [0.5, 0.6) is 0 Å². The van der Waals surface area contributed by atoms with Gasteiger partial charge in [-0.3, -0.25) is 4.79 Å². The van der Waals surface area contributed by atoms with Crippen molar-refractivity contribution in [1.82, 2.24) is 0 Å². The van der Waals surface area contributed by atoms with E-state index in [1.165, 1.54) is 11.1 Å². The minimum absolute atomic E-state index is 0.170. The zero-order valence-corrected chi connectivity index (χ0v) is 11.7. The molecule has 2 aromatic rings. The first kappa shape index (κ1) is 13.1. The lowest BCUT2D eigenvalue weighted by molar-refractivity contribution is 0.0993. The van der Waals surface area contributed by atoms with Crippen molar-refractivity contribution in [3.63, 3.8) is 0 Å². The molecule has 20 heavy (non-hydrogen) atoms. The van der Waals surface area contributed by atoms with E-state index < -0.39 is 0 Å². The van der Waals surface area contributed by atoms with Gasteiger partial charge in [0.05, 0.1) is 13.2 Å². The maximum atomic E-state index is 12.3. The smallest absolute Gasteiger partial charge is 0.167 e. The normalized spacial score (nSPS) is 13.2. The van der Waals surface area contributed by atoms with Crippen LogP contribution in [0.15, 0.2) is 42.5 Å². The number of hydrogen-bond acceptors (Lipinski definition) is 2. The third-order valence-electron chi connectivity index (χ3n) is 3.84. The molecule has 0 unspecified atom stereocenters. The van der Waals surface area contributed by atoms with Gasteiger partial charge in [0.1, 0.15) is 0 Å². The minimum Gasteiger partial charge on any atom is -0.372 e. The van der Waals surface area contributed by atoms with Gasteiger partial charge in [0, 0.05) is 12.0 Å². The number of carbonyl (C=O) groups excluding carboxylic acids is 1. The fourth-order valence-electron chi connectivity index (χ4n) is 2.53. The van der Waals surface area contributed by atoms with Crippen LogP contribution in [-0.4, -0.2) is 5.78 Å². The zero-order chi connectivity index (χ0) is 13.9. The second-order valence-electron chi connectivity index (χ2n) is 5.25. The van der Waals surface area contributed by atoms with E-state index in [4.69, 9.17) is 4.74 Å². The van der Waals surface area contributed by atoms with Gasteiger partial charge < -0.3 is 4.74 Å². The Hall–Kier alpha value is -1.93. The van der Waals surface area contributed by atoms with Gasteiger partial charge >= 0.3 is 0 Å². The molecule has 0 N–H and O–H groups in total. The molecule has 0 atom stereocenters. The summed E-state index contributed by atoms with van der Waals surface area (Å²) >= 11 is 0. The molecule has 0 radical (unpaired) electrons. The summed E-state index contributed by atoms with van der Waals surface area (Å²) in [5.41, 5.74) is 5.51. The van der Waals surface area contributed by atoms with Crippen LogP contribution in [0, 0.1) is 0 Å². The predicted molar refractivity (Wildman–Crippen MR) is 78.8 cm³/mol. The van der Waals surface area contributed by atoms with Crippen LogP contribution < -0.4 is 0 Å². The van der Waals surface area contributed by atoms with E-state index in [1.807, 2.05) is 30.3 Å². The highest BCUT2D eigenvalue weighted by atomic mass is 16.5. The highest BCUT2D eigenvalue weighted by Gasteiger charge is 2.14. The maximum Gasteiger partial charge on any atom is 0.167 e. The van der Waals surface area contributed by atoms with Gasteiger partial charge in [-0.25, -0.2) is 0 Å². The van der Waals surface area contributed by atoms with Gasteiger partial charge in [-0.05, 0) is 34.7 Å². The van der Waals surface area contributed by atoms with Gasteiger partial charge in [-0.1, -0.05) is 43.3 Å². The van der Waals surface area contributed by atoms with Crippen molar-refractivity contribution in [3.05, 3.63) is 70.3 Å². The van der Waals surface area contributed by atoms with Crippen LogP contribution in [0.25, 0.3) is 0 Å². The Morgan fingerprint density at radius 1 is 1.00 bits per heavy atom. The highest BCUT2D eigenvalue weighted by molar-refractivity contribution is 5.97. The molecule has 1 aliphatic heterocycles. The van der Waals surface area contributed by atoms with Crippen molar-refractivity contribution in [2.75, 3.05) is 0 Å². The minimum atomic E-state index is 0.170. The molecule has 0 saturated heterocycles. The number of ether oxygens (including phenoxy) is 1. The average Bonchev–Trinajstić information content (AvgIpc) is 2.95. The molecule has 0 bridgehead atoms. The van der Waals surface area contributed by atoms with E-state index in [0.717, 1.165) is 23.1 Å².